The lowest BCUT2D eigenvalue weighted by molar-refractivity contribution is 0.0989. The molecule has 1 unspecified atom stereocenters. The summed E-state index contributed by atoms with van der Waals surface area (Å²) >= 11 is 5.90. The highest BCUT2D eigenvalue weighted by molar-refractivity contribution is 6.17. The number of rotatable bonds is 2. The van der Waals surface area contributed by atoms with Crippen LogP contribution in [0.2, 0.25) is 0 Å². The molecule has 1 aromatic rings. The average molecular weight is 227 g/mol. The molecule has 0 aromatic carbocycles. The van der Waals surface area contributed by atoms with Gasteiger partial charge in [0.2, 0.25) is 0 Å². The Balaban J connectivity index is 2.26. The minimum absolute atomic E-state index is 0.406. The van der Waals surface area contributed by atoms with E-state index in [1.54, 1.807) is 0 Å². The second-order valence-electron chi connectivity index (χ2n) is 3.76. The third kappa shape index (κ3) is 2.24. The van der Waals surface area contributed by atoms with Crippen LogP contribution < -0.4 is 4.90 Å². The normalized spacial score (nSPS) is 21.7. The van der Waals surface area contributed by atoms with Crippen molar-refractivity contribution in [1.29, 1.82) is 0 Å². The summed E-state index contributed by atoms with van der Waals surface area (Å²) in [4.78, 5) is 6.43. The van der Waals surface area contributed by atoms with E-state index in [2.05, 4.69) is 16.8 Å². The predicted molar refractivity (Wildman–Crippen MR) is 61.4 cm³/mol. The zero-order valence-corrected chi connectivity index (χ0v) is 9.57. The van der Waals surface area contributed by atoms with Crippen LogP contribution in [0.1, 0.15) is 12.5 Å². The molecule has 0 amide bonds. The number of anilines is 1. The molecule has 0 saturated carbocycles. The molecule has 0 aliphatic carbocycles. The number of pyridine rings is 1. The Morgan fingerprint density at radius 2 is 2.53 bits per heavy atom. The molecule has 1 aliphatic rings. The van der Waals surface area contributed by atoms with Gasteiger partial charge in [-0.3, -0.25) is 4.98 Å². The lowest BCUT2D eigenvalue weighted by Gasteiger charge is -2.36. The van der Waals surface area contributed by atoms with E-state index in [9.17, 15) is 0 Å². The standard InChI is InChI=1S/C11H15ClN2O/c1-9-8-15-5-4-14(9)11-2-3-13-7-10(11)6-12/h2-3,7,9H,4-6,8H2,1H3. The maximum absolute atomic E-state index is 5.90. The molecular weight excluding hydrogens is 212 g/mol. The molecule has 1 saturated heterocycles. The van der Waals surface area contributed by atoms with Crippen LogP contribution in [-0.4, -0.2) is 30.8 Å². The van der Waals surface area contributed by atoms with Gasteiger partial charge in [0.1, 0.15) is 0 Å². The van der Waals surface area contributed by atoms with Crippen molar-refractivity contribution in [1.82, 2.24) is 4.98 Å². The predicted octanol–water partition coefficient (Wildman–Crippen LogP) is 2.05. The fraction of sp³-hybridized carbons (Fsp3) is 0.545. The first-order valence-corrected chi connectivity index (χ1v) is 5.69. The van der Waals surface area contributed by atoms with Gasteiger partial charge in [-0.15, -0.1) is 11.6 Å². The van der Waals surface area contributed by atoms with Gasteiger partial charge in [-0.1, -0.05) is 0 Å². The summed E-state index contributed by atoms with van der Waals surface area (Å²) in [6, 6.07) is 2.43. The number of hydrogen-bond acceptors (Lipinski definition) is 3. The minimum atomic E-state index is 0.406. The van der Waals surface area contributed by atoms with Crippen LogP contribution in [-0.2, 0) is 10.6 Å². The second kappa shape index (κ2) is 4.81. The van der Waals surface area contributed by atoms with Gasteiger partial charge in [0.25, 0.3) is 0 Å². The molecule has 82 valence electrons. The van der Waals surface area contributed by atoms with Gasteiger partial charge < -0.3 is 9.64 Å². The van der Waals surface area contributed by atoms with E-state index < -0.39 is 0 Å². The average Bonchev–Trinajstić information content (AvgIpc) is 2.30. The van der Waals surface area contributed by atoms with Crippen molar-refractivity contribution >= 4 is 17.3 Å². The lowest BCUT2D eigenvalue weighted by Crippen LogP contribution is -2.44. The number of nitrogens with zero attached hydrogens (tertiary/aromatic N) is 2. The van der Waals surface area contributed by atoms with E-state index in [1.807, 2.05) is 18.5 Å². The van der Waals surface area contributed by atoms with Crippen molar-refractivity contribution in [3.8, 4) is 0 Å². The molecule has 3 nitrogen and oxygen atoms in total. The summed E-state index contributed by atoms with van der Waals surface area (Å²) in [5.74, 6) is 0.507. The Kier molecular flexibility index (Phi) is 3.44. The van der Waals surface area contributed by atoms with Crippen molar-refractivity contribution in [2.45, 2.75) is 18.8 Å². The number of morpholine rings is 1. The Morgan fingerprint density at radius 1 is 1.67 bits per heavy atom. The Labute approximate surface area is 95.0 Å². The molecule has 15 heavy (non-hydrogen) atoms. The zero-order chi connectivity index (χ0) is 10.7. The second-order valence-corrected chi connectivity index (χ2v) is 4.02. The maximum atomic E-state index is 5.90. The van der Waals surface area contributed by atoms with E-state index in [4.69, 9.17) is 16.3 Å². The summed E-state index contributed by atoms with van der Waals surface area (Å²) in [6.45, 7) is 4.66. The first kappa shape index (κ1) is 10.7. The van der Waals surface area contributed by atoms with Gasteiger partial charge in [-0.25, -0.2) is 0 Å². The zero-order valence-electron chi connectivity index (χ0n) is 8.82. The van der Waals surface area contributed by atoms with E-state index in [0.717, 1.165) is 25.3 Å². The Hall–Kier alpha value is -0.800. The highest BCUT2D eigenvalue weighted by Crippen LogP contribution is 2.24. The van der Waals surface area contributed by atoms with E-state index >= 15 is 0 Å². The highest BCUT2D eigenvalue weighted by atomic mass is 35.5. The highest BCUT2D eigenvalue weighted by Gasteiger charge is 2.20. The summed E-state index contributed by atoms with van der Waals surface area (Å²) in [6.07, 6.45) is 3.65. The van der Waals surface area contributed by atoms with E-state index in [1.165, 1.54) is 5.69 Å². The van der Waals surface area contributed by atoms with Gasteiger partial charge in [0.15, 0.2) is 0 Å². The van der Waals surface area contributed by atoms with Crippen LogP contribution in [0.15, 0.2) is 18.5 Å². The molecular formula is C11H15ClN2O. The third-order valence-corrected chi connectivity index (χ3v) is 2.99. The summed E-state index contributed by atoms with van der Waals surface area (Å²) in [5, 5.41) is 0. The number of alkyl halides is 1. The molecule has 2 rings (SSSR count). The number of ether oxygens (including phenoxy) is 1. The number of hydrogen-bond donors (Lipinski definition) is 0. The SMILES string of the molecule is CC1COCCN1c1ccncc1CCl. The van der Waals surface area contributed by atoms with Crippen LogP contribution in [0, 0.1) is 0 Å². The summed E-state index contributed by atoms with van der Waals surface area (Å²) < 4.78 is 5.42. The van der Waals surface area contributed by atoms with Gasteiger partial charge in [0.05, 0.1) is 19.1 Å². The van der Waals surface area contributed by atoms with Gasteiger partial charge in [-0.05, 0) is 13.0 Å². The van der Waals surface area contributed by atoms with Gasteiger partial charge in [0, 0.05) is 36.2 Å². The van der Waals surface area contributed by atoms with E-state index in [-0.39, 0.29) is 0 Å². The fourth-order valence-electron chi connectivity index (χ4n) is 1.89. The van der Waals surface area contributed by atoms with Crippen molar-refractivity contribution in [3.63, 3.8) is 0 Å². The van der Waals surface area contributed by atoms with Crippen LogP contribution in [0.3, 0.4) is 0 Å². The number of aromatic nitrogens is 1. The molecule has 1 aliphatic heterocycles. The Morgan fingerprint density at radius 3 is 3.27 bits per heavy atom. The molecule has 0 spiro atoms. The maximum Gasteiger partial charge on any atom is 0.0668 e. The van der Waals surface area contributed by atoms with Crippen LogP contribution >= 0.6 is 11.6 Å². The molecule has 1 aromatic heterocycles. The van der Waals surface area contributed by atoms with Crippen molar-refractivity contribution in [2.75, 3.05) is 24.7 Å². The fourth-order valence-corrected chi connectivity index (χ4v) is 2.09. The topological polar surface area (TPSA) is 25.4 Å². The van der Waals surface area contributed by atoms with Crippen LogP contribution in [0.4, 0.5) is 5.69 Å². The quantitative estimate of drug-likeness (QED) is 0.722. The summed E-state index contributed by atoms with van der Waals surface area (Å²) in [7, 11) is 0. The first-order chi connectivity index (χ1) is 7.33. The molecule has 1 atom stereocenters. The minimum Gasteiger partial charge on any atom is -0.377 e. The smallest absolute Gasteiger partial charge is 0.0668 e. The number of halogens is 1. The Bertz CT molecular complexity index is 332. The van der Waals surface area contributed by atoms with Crippen molar-refractivity contribution in [3.05, 3.63) is 24.0 Å². The van der Waals surface area contributed by atoms with E-state index in [0.29, 0.717) is 11.9 Å². The van der Waals surface area contributed by atoms with Gasteiger partial charge in [-0.2, -0.15) is 0 Å². The lowest BCUT2D eigenvalue weighted by atomic mass is 10.1. The van der Waals surface area contributed by atoms with Crippen LogP contribution in [0.5, 0.6) is 0 Å². The molecule has 0 N–H and O–H groups in total. The molecule has 0 bridgehead atoms. The van der Waals surface area contributed by atoms with Gasteiger partial charge >= 0.3 is 0 Å². The molecule has 4 heteroatoms. The molecule has 0 radical (unpaired) electrons. The molecule has 1 fully saturated rings. The summed E-state index contributed by atoms with van der Waals surface area (Å²) in [5.41, 5.74) is 2.28. The van der Waals surface area contributed by atoms with Crippen molar-refractivity contribution < 1.29 is 4.74 Å². The molecule has 2 heterocycles. The largest absolute Gasteiger partial charge is 0.377 e. The van der Waals surface area contributed by atoms with Crippen LogP contribution in [0.25, 0.3) is 0 Å². The first-order valence-electron chi connectivity index (χ1n) is 5.16. The monoisotopic (exact) mass is 226 g/mol. The third-order valence-electron chi connectivity index (χ3n) is 2.70. The van der Waals surface area contributed by atoms with Crippen molar-refractivity contribution in [2.24, 2.45) is 0 Å².